The quantitative estimate of drug-likeness (QED) is 0.489. The van der Waals surface area contributed by atoms with E-state index in [1.807, 2.05) is 17.8 Å². The van der Waals surface area contributed by atoms with E-state index >= 15 is 0 Å². The highest BCUT2D eigenvalue weighted by molar-refractivity contribution is 7.98. The minimum Gasteiger partial charge on any atom is -0.205 e. The lowest BCUT2D eigenvalue weighted by Gasteiger charge is -1.93. The minimum absolute atomic E-state index is 1.14. The van der Waals surface area contributed by atoms with Crippen molar-refractivity contribution < 1.29 is 4.57 Å². The van der Waals surface area contributed by atoms with Gasteiger partial charge in [-0.05, 0) is 12.0 Å². The summed E-state index contributed by atoms with van der Waals surface area (Å²) in [6.45, 7) is 1.14. The van der Waals surface area contributed by atoms with Crippen molar-refractivity contribution in [1.29, 1.82) is 0 Å². The molecule has 0 aliphatic carbocycles. The maximum absolute atomic E-state index is 2.22. The van der Waals surface area contributed by atoms with E-state index in [1.165, 1.54) is 12.2 Å². The first-order valence-corrected chi connectivity index (χ1v) is 5.26. The number of hydrogen-bond donors (Lipinski definition) is 0. The molecule has 1 aromatic heterocycles. The molecule has 0 saturated carbocycles. The largest absolute Gasteiger partial charge is 0.205 e. The fourth-order valence-corrected chi connectivity index (χ4v) is 1.39. The molecule has 2 heteroatoms. The van der Waals surface area contributed by atoms with E-state index in [4.69, 9.17) is 0 Å². The van der Waals surface area contributed by atoms with Crippen LogP contribution in [-0.4, -0.2) is 12.0 Å². The van der Waals surface area contributed by atoms with Gasteiger partial charge in [0.2, 0.25) is 0 Å². The molecule has 0 fully saturated rings. The van der Waals surface area contributed by atoms with E-state index in [0.717, 1.165) is 6.54 Å². The molecular weight excluding hydrogens is 154 g/mol. The van der Waals surface area contributed by atoms with Crippen molar-refractivity contribution in [2.24, 2.45) is 0 Å². The van der Waals surface area contributed by atoms with E-state index in [1.54, 1.807) is 0 Å². The van der Waals surface area contributed by atoms with Crippen LogP contribution in [0.4, 0.5) is 0 Å². The minimum atomic E-state index is 1.14. The Morgan fingerprint density at radius 2 is 1.91 bits per heavy atom. The van der Waals surface area contributed by atoms with Crippen LogP contribution in [0.15, 0.2) is 30.6 Å². The molecule has 11 heavy (non-hydrogen) atoms. The monoisotopic (exact) mass is 168 g/mol. The zero-order valence-corrected chi connectivity index (χ0v) is 7.68. The molecule has 0 aliphatic heterocycles. The molecule has 0 N–H and O–H groups in total. The number of pyridine rings is 1. The molecule has 0 spiro atoms. The summed E-state index contributed by atoms with van der Waals surface area (Å²) in [4.78, 5) is 0. The smallest absolute Gasteiger partial charge is 0.168 e. The second-order valence-electron chi connectivity index (χ2n) is 2.46. The number of hydrogen-bond acceptors (Lipinski definition) is 1. The van der Waals surface area contributed by atoms with E-state index in [2.05, 4.69) is 35.3 Å². The summed E-state index contributed by atoms with van der Waals surface area (Å²) in [5, 5.41) is 0. The molecule has 0 unspecified atom stereocenters. The van der Waals surface area contributed by atoms with Gasteiger partial charge in [0.05, 0.1) is 0 Å². The van der Waals surface area contributed by atoms with Gasteiger partial charge in [-0.15, -0.1) is 0 Å². The van der Waals surface area contributed by atoms with Crippen molar-refractivity contribution in [1.82, 2.24) is 0 Å². The van der Waals surface area contributed by atoms with Crippen LogP contribution in [0, 0.1) is 0 Å². The summed E-state index contributed by atoms with van der Waals surface area (Å²) in [6, 6.07) is 6.18. The van der Waals surface area contributed by atoms with Gasteiger partial charge in [0, 0.05) is 18.6 Å². The molecule has 1 nitrogen and oxygen atoms in total. The highest BCUT2D eigenvalue weighted by atomic mass is 32.2. The Bertz CT molecular complexity index is 186. The zero-order chi connectivity index (χ0) is 7.94. The van der Waals surface area contributed by atoms with E-state index in [-0.39, 0.29) is 0 Å². The normalized spacial score (nSPS) is 9.91. The Balaban J connectivity index is 2.28. The van der Waals surface area contributed by atoms with E-state index in [9.17, 15) is 0 Å². The molecule has 1 aromatic rings. The Kier molecular flexibility index (Phi) is 4.06. The maximum Gasteiger partial charge on any atom is 0.168 e. The van der Waals surface area contributed by atoms with Crippen molar-refractivity contribution in [2.45, 2.75) is 13.0 Å². The third-order valence-electron chi connectivity index (χ3n) is 1.54. The fraction of sp³-hybridized carbons (Fsp3) is 0.444. The molecule has 0 radical (unpaired) electrons. The Labute approximate surface area is 72.4 Å². The SMILES string of the molecule is CSCCC[n+]1ccccc1. The highest BCUT2D eigenvalue weighted by Crippen LogP contribution is 1.94. The number of nitrogens with zero attached hydrogens (tertiary/aromatic N) is 1. The van der Waals surface area contributed by atoms with Crippen molar-refractivity contribution in [3.63, 3.8) is 0 Å². The lowest BCUT2D eigenvalue weighted by Crippen LogP contribution is -2.32. The van der Waals surface area contributed by atoms with Crippen LogP contribution in [0.5, 0.6) is 0 Å². The summed E-state index contributed by atoms with van der Waals surface area (Å²) in [5.41, 5.74) is 0. The summed E-state index contributed by atoms with van der Waals surface area (Å²) in [6.07, 6.45) is 7.63. The van der Waals surface area contributed by atoms with Crippen LogP contribution in [0.25, 0.3) is 0 Å². The number of thioether (sulfide) groups is 1. The second-order valence-corrected chi connectivity index (χ2v) is 3.45. The average Bonchev–Trinajstić information content (AvgIpc) is 2.07. The topological polar surface area (TPSA) is 3.88 Å². The van der Waals surface area contributed by atoms with Crippen LogP contribution < -0.4 is 4.57 Å². The Morgan fingerprint density at radius 3 is 2.55 bits per heavy atom. The van der Waals surface area contributed by atoms with Gasteiger partial charge in [-0.25, -0.2) is 4.57 Å². The first-order valence-electron chi connectivity index (χ1n) is 3.86. The summed E-state index contributed by atoms with van der Waals surface area (Å²) in [7, 11) is 0. The second kappa shape index (κ2) is 5.19. The van der Waals surface area contributed by atoms with Crippen molar-refractivity contribution in [3.8, 4) is 0 Å². The first kappa shape index (κ1) is 8.60. The standard InChI is InChI=1S/C9H14NS/c1-11-9-5-8-10-6-3-2-4-7-10/h2-4,6-7H,5,8-9H2,1H3/q+1. The lowest BCUT2D eigenvalue weighted by molar-refractivity contribution is -0.696. The molecule has 1 heterocycles. The van der Waals surface area contributed by atoms with Gasteiger partial charge in [-0.2, -0.15) is 11.8 Å². The van der Waals surface area contributed by atoms with Gasteiger partial charge in [-0.1, -0.05) is 6.07 Å². The van der Waals surface area contributed by atoms with Gasteiger partial charge < -0.3 is 0 Å². The van der Waals surface area contributed by atoms with E-state index < -0.39 is 0 Å². The van der Waals surface area contributed by atoms with Gasteiger partial charge >= 0.3 is 0 Å². The van der Waals surface area contributed by atoms with Crippen molar-refractivity contribution in [3.05, 3.63) is 30.6 Å². The van der Waals surface area contributed by atoms with Gasteiger partial charge in [0.1, 0.15) is 6.54 Å². The summed E-state index contributed by atoms with van der Waals surface area (Å²) < 4.78 is 2.22. The molecule has 0 aliphatic rings. The molecule has 1 rings (SSSR count). The Morgan fingerprint density at radius 1 is 1.18 bits per heavy atom. The lowest BCUT2D eigenvalue weighted by atomic mass is 10.4. The highest BCUT2D eigenvalue weighted by Gasteiger charge is 1.95. The van der Waals surface area contributed by atoms with Crippen LogP contribution in [0.2, 0.25) is 0 Å². The predicted octanol–water partition coefficient (Wildman–Crippen LogP) is 1.73. The molecule has 0 atom stereocenters. The first-order chi connectivity index (χ1) is 5.43. The van der Waals surface area contributed by atoms with Gasteiger partial charge in [0.25, 0.3) is 0 Å². The van der Waals surface area contributed by atoms with Crippen molar-refractivity contribution >= 4 is 11.8 Å². The third-order valence-corrected chi connectivity index (χ3v) is 2.24. The summed E-state index contributed by atoms with van der Waals surface area (Å²) >= 11 is 1.91. The fourth-order valence-electron chi connectivity index (χ4n) is 0.975. The molecule has 0 bridgehead atoms. The van der Waals surface area contributed by atoms with Gasteiger partial charge in [-0.3, -0.25) is 0 Å². The van der Waals surface area contributed by atoms with Crippen LogP contribution in [-0.2, 0) is 6.54 Å². The Hall–Kier alpha value is -0.500. The maximum atomic E-state index is 2.22. The van der Waals surface area contributed by atoms with Gasteiger partial charge in [0.15, 0.2) is 12.4 Å². The van der Waals surface area contributed by atoms with Crippen LogP contribution >= 0.6 is 11.8 Å². The molecule has 0 saturated heterocycles. The molecule has 0 amide bonds. The van der Waals surface area contributed by atoms with Crippen LogP contribution in [0.3, 0.4) is 0 Å². The number of aryl methyl sites for hydroxylation is 1. The van der Waals surface area contributed by atoms with E-state index in [0.29, 0.717) is 0 Å². The van der Waals surface area contributed by atoms with Crippen molar-refractivity contribution in [2.75, 3.05) is 12.0 Å². The molecule has 0 aromatic carbocycles. The van der Waals surface area contributed by atoms with Crippen LogP contribution in [0.1, 0.15) is 6.42 Å². The molecular formula is C9H14NS+. The predicted molar refractivity (Wildman–Crippen MR) is 49.6 cm³/mol. The zero-order valence-electron chi connectivity index (χ0n) is 6.86. The molecule has 60 valence electrons. The third kappa shape index (κ3) is 3.42. The number of rotatable bonds is 4. The summed E-state index contributed by atoms with van der Waals surface area (Å²) in [5.74, 6) is 1.25. The number of aromatic nitrogens is 1. The average molecular weight is 168 g/mol.